The molecule has 5 nitrogen and oxygen atoms in total. The first kappa shape index (κ1) is 17.2. The Morgan fingerprint density at radius 3 is 2.62 bits per heavy atom. The molecule has 24 heavy (non-hydrogen) atoms. The summed E-state index contributed by atoms with van der Waals surface area (Å²) >= 11 is 0. The number of benzene rings is 2. The summed E-state index contributed by atoms with van der Waals surface area (Å²) in [5, 5.41) is 2.49. The highest BCUT2D eigenvalue weighted by atomic mass is 19.1. The molecule has 0 fully saturated rings. The predicted molar refractivity (Wildman–Crippen MR) is 88.0 cm³/mol. The summed E-state index contributed by atoms with van der Waals surface area (Å²) in [5.74, 6) is -0.886. The Morgan fingerprint density at radius 1 is 1.17 bits per heavy atom. The Labute approximate surface area is 138 Å². The van der Waals surface area contributed by atoms with Crippen LogP contribution < -0.4 is 10.1 Å². The normalized spacial score (nSPS) is 10.4. The molecule has 0 aliphatic heterocycles. The van der Waals surface area contributed by atoms with E-state index in [1.165, 1.54) is 30.3 Å². The standard InChI is InChI=1S/C18H16FNO4/c1-23-16-4-2-3-13(11-16)5-10-18(22)24-12-17(21)20-15-8-6-14(19)7-9-15/h2-11H,12H2,1H3,(H,20,21)/b10-5+. The van der Waals surface area contributed by atoms with Crippen LogP contribution in [0.25, 0.3) is 6.08 Å². The monoisotopic (exact) mass is 329 g/mol. The van der Waals surface area contributed by atoms with Crippen molar-refractivity contribution in [2.24, 2.45) is 0 Å². The third kappa shape index (κ3) is 5.57. The van der Waals surface area contributed by atoms with Crippen LogP contribution in [0.5, 0.6) is 5.75 Å². The van der Waals surface area contributed by atoms with E-state index in [0.717, 1.165) is 5.56 Å². The largest absolute Gasteiger partial charge is 0.497 e. The van der Waals surface area contributed by atoms with Gasteiger partial charge in [-0.15, -0.1) is 0 Å². The summed E-state index contributed by atoms with van der Waals surface area (Å²) < 4.78 is 22.7. The molecule has 2 aromatic carbocycles. The molecular weight excluding hydrogens is 313 g/mol. The maximum absolute atomic E-state index is 12.8. The lowest BCUT2D eigenvalue weighted by molar-refractivity contribution is -0.142. The van der Waals surface area contributed by atoms with E-state index in [4.69, 9.17) is 9.47 Å². The van der Waals surface area contributed by atoms with Gasteiger partial charge in [0.05, 0.1) is 7.11 Å². The molecule has 0 bridgehead atoms. The number of hydrogen-bond donors (Lipinski definition) is 1. The number of carbonyl (C=O) groups excluding carboxylic acids is 2. The molecule has 0 aromatic heterocycles. The van der Waals surface area contributed by atoms with E-state index < -0.39 is 24.3 Å². The van der Waals surface area contributed by atoms with Crippen LogP contribution in [0.3, 0.4) is 0 Å². The second kappa shape index (κ2) is 8.47. The number of methoxy groups -OCH3 is 1. The van der Waals surface area contributed by atoms with Crippen molar-refractivity contribution in [2.45, 2.75) is 0 Å². The second-order valence-electron chi connectivity index (χ2n) is 4.77. The Morgan fingerprint density at radius 2 is 1.92 bits per heavy atom. The fourth-order valence-electron chi connectivity index (χ4n) is 1.82. The first-order valence-electron chi connectivity index (χ1n) is 7.11. The highest BCUT2D eigenvalue weighted by Gasteiger charge is 2.06. The van der Waals surface area contributed by atoms with Crippen LogP contribution in [-0.2, 0) is 14.3 Å². The van der Waals surface area contributed by atoms with E-state index in [-0.39, 0.29) is 0 Å². The zero-order valence-corrected chi connectivity index (χ0v) is 13.0. The van der Waals surface area contributed by atoms with Gasteiger partial charge in [-0.1, -0.05) is 12.1 Å². The van der Waals surface area contributed by atoms with E-state index in [1.807, 2.05) is 0 Å². The lowest BCUT2D eigenvalue weighted by Gasteiger charge is -2.05. The molecule has 124 valence electrons. The van der Waals surface area contributed by atoms with Crippen LogP contribution in [0, 0.1) is 5.82 Å². The summed E-state index contributed by atoms with van der Waals surface area (Å²) in [6, 6.07) is 12.4. The van der Waals surface area contributed by atoms with Gasteiger partial charge in [0.2, 0.25) is 0 Å². The summed E-state index contributed by atoms with van der Waals surface area (Å²) in [4.78, 5) is 23.2. The summed E-state index contributed by atoms with van der Waals surface area (Å²) in [6.07, 6.45) is 2.78. The van der Waals surface area contributed by atoms with Crippen molar-refractivity contribution in [2.75, 3.05) is 19.0 Å². The van der Waals surface area contributed by atoms with Crippen molar-refractivity contribution in [3.63, 3.8) is 0 Å². The highest BCUT2D eigenvalue weighted by molar-refractivity contribution is 5.94. The van der Waals surface area contributed by atoms with Gasteiger partial charge < -0.3 is 14.8 Å². The Kier molecular flexibility index (Phi) is 6.08. The third-order valence-electron chi connectivity index (χ3n) is 2.98. The topological polar surface area (TPSA) is 64.6 Å². The number of esters is 1. The SMILES string of the molecule is COc1cccc(/C=C/C(=O)OCC(=O)Nc2ccc(F)cc2)c1. The lowest BCUT2D eigenvalue weighted by atomic mass is 10.2. The molecule has 0 aliphatic rings. The van der Waals surface area contributed by atoms with Gasteiger partial charge in [-0.25, -0.2) is 9.18 Å². The minimum atomic E-state index is -0.646. The molecule has 6 heteroatoms. The summed E-state index contributed by atoms with van der Waals surface area (Å²) in [5.41, 5.74) is 1.19. The number of amides is 1. The first-order valence-corrected chi connectivity index (χ1v) is 7.11. The van der Waals surface area contributed by atoms with Gasteiger partial charge in [0.15, 0.2) is 6.61 Å². The van der Waals surface area contributed by atoms with Gasteiger partial charge in [-0.2, -0.15) is 0 Å². The molecule has 0 saturated carbocycles. The third-order valence-corrected chi connectivity index (χ3v) is 2.98. The summed E-state index contributed by atoms with van der Waals surface area (Å²) in [7, 11) is 1.55. The van der Waals surface area contributed by atoms with E-state index in [2.05, 4.69) is 5.32 Å². The number of ether oxygens (including phenoxy) is 2. The average Bonchev–Trinajstić information content (AvgIpc) is 2.60. The number of halogens is 1. The van der Waals surface area contributed by atoms with E-state index in [9.17, 15) is 14.0 Å². The minimum Gasteiger partial charge on any atom is -0.497 e. The quantitative estimate of drug-likeness (QED) is 0.653. The molecule has 0 atom stereocenters. The fourth-order valence-corrected chi connectivity index (χ4v) is 1.82. The first-order chi connectivity index (χ1) is 11.6. The second-order valence-corrected chi connectivity index (χ2v) is 4.77. The Hall–Kier alpha value is -3.15. The molecule has 2 aromatic rings. The summed E-state index contributed by atoms with van der Waals surface area (Å²) in [6.45, 7) is -0.432. The maximum Gasteiger partial charge on any atom is 0.331 e. The number of carbonyl (C=O) groups is 2. The van der Waals surface area contributed by atoms with Crippen LogP contribution in [0.4, 0.5) is 10.1 Å². The minimum absolute atomic E-state index is 0.401. The number of anilines is 1. The van der Waals surface area contributed by atoms with Crippen molar-refractivity contribution in [1.82, 2.24) is 0 Å². The number of nitrogens with one attached hydrogen (secondary N) is 1. The molecule has 0 unspecified atom stereocenters. The van der Waals surface area contributed by atoms with E-state index in [1.54, 1.807) is 37.5 Å². The maximum atomic E-state index is 12.8. The smallest absolute Gasteiger partial charge is 0.331 e. The van der Waals surface area contributed by atoms with Gasteiger partial charge in [0.1, 0.15) is 11.6 Å². The van der Waals surface area contributed by atoms with Gasteiger partial charge >= 0.3 is 5.97 Å². The van der Waals surface area contributed by atoms with Crippen molar-refractivity contribution in [1.29, 1.82) is 0 Å². The van der Waals surface area contributed by atoms with Gasteiger partial charge in [-0.05, 0) is 48.0 Å². The number of hydrogen-bond acceptors (Lipinski definition) is 4. The zero-order valence-electron chi connectivity index (χ0n) is 13.0. The van der Waals surface area contributed by atoms with Gasteiger partial charge in [0.25, 0.3) is 5.91 Å². The van der Waals surface area contributed by atoms with Crippen LogP contribution in [-0.4, -0.2) is 25.6 Å². The molecule has 0 saturated heterocycles. The van der Waals surface area contributed by atoms with E-state index in [0.29, 0.717) is 11.4 Å². The van der Waals surface area contributed by atoms with Crippen molar-refractivity contribution in [3.05, 3.63) is 66.0 Å². The molecular formula is C18H16FNO4. The van der Waals surface area contributed by atoms with Gasteiger partial charge in [0, 0.05) is 11.8 Å². The van der Waals surface area contributed by atoms with Crippen LogP contribution in [0.1, 0.15) is 5.56 Å². The number of rotatable bonds is 6. The van der Waals surface area contributed by atoms with Crippen molar-refractivity contribution in [3.8, 4) is 5.75 Å². The van der Waals surface area contributed by atoms with Gasteiger partial charge in [-0.3, -0.25) is 4.79 Å². The Balaban J connectivity index is 1.80. The molecule has 1 amide bonds. The van der Waals surface area contributed by atoms with Crippen molar-refractivity contribution < 1.29 is 23.5 Å². The average molecular weight is 329 g/mol. The Bertz CT molecular complexity index is 741. The molecule has 2 rings (SSSR count). The van der Waals surface area contributed by atoms with Crippen LogP contribution in [0.15, 0.2) is 54.6 Å². The van der Waals surface area contributed by atoms with E-state index >= 15 is 0 Å². The lowest BCUT2D eigenvalue weighted by Crippen LogP contribution is -2.20. The molecule has 0 spiro atoms. The fraction of sp³-hybridized carbons (Fsp3) is 0.111. The molecule has 1 N–H and O–H groups in total. The molecule has 0 radical (unpaired) electrons. The molecule has 0 aliphatic carbocycles. The predicted octanol–water partition coefficient (Wildman–Crippen LogP) is 3.03. The van der Waals surface area contributed by atoms with Crippen LogP contribution >= 0.6 is 0 Å². The van der Waals surface area contributed by atoms with Crippen LogP contribution in [0.2, 0.25) is 0 Å². The molecule has 0 heterocycles. The van der Waals surface area contributed by atoms with Crippen molar-refractivity contribution >= 4 is 23.6 Å². The highest BCUT2D eigenvalue weighted by Crippen LogP contribution is 2.13. The zero-order chi connectivity index (χ0) is 17.4.